The van der Waals surface area contributed by atoms with E-state index in [4.69, 9.17) is 17.5 Å². The molecular formula is C10H16N2O5S. The summed E-state index contributed by atoms with van der Waals surface area (Å²) in [6.07, 6.45) is 1.73. The van der Waals surface area contributed by atoms with Crippen LogP contribution in [-0.4, -0.2) is 22.1 Å². The predicted molar refractivity (Wildman–Crippen MR) is 63.9 cm³/mol. The second-order valence-corrected chi connectivity index (χ2v) is 4.45. The van der Waals surface area contributed by atoms with Gasteiger partial charge in [0.1, 0.15) is 17.9 Å². The lowest BCUT2D eigenvalue weighted by atomic mass is 10.3. The fraction of sp³-hybridized carbons (Fsp3) is 0.400. The zero-order chi connectivity index (χ0) is 14.5. The molecule has 0 bridgehead atoms. The molecule has 0 saturated heterocycles. The molecule has 1 rings (SSSR count). The number of nitrogens with zero attached hydrogens (tertiary/aromatic N) is 2. The van der Waals surface area contributed by atoms with E-state index >= 15 is 0 Å². The molecule has 0 atom stereocenters. The highest BCUT2D eigenvalue weighted by molar-refractivity contribution is 7.79. The monoisotopic (exact) mass is 276 g/mol. The van der Waals surface area contributed by atoms with Crippen LogP contribution in [0, 0.1) is 13.8 Å². The lowest BCUT2D eigenvalue weighted by Gasteiger charge is -2.03. The second kappa shape index (κ2) is 6.43. The van der Waals surface area contributed by atoms with E-state index in [9.17, 15) is 4.79 Å². The van der Waals surface area contributed by atoms with Gasteiger partial charge in [0.15, 0.2) is 0 Å². The summed E-state index contributed by atoms with van der Waals surface area (Å²) in [6.45, 7) is 8.04. The Morgan fingerprint density at radius 1 is 1.56 bits per heavy atom. The zero-order valence-electron chi connectivity index (χ0n) is 10.5. The highest BCUT2D eigenvalue weighted by Gasteiger charge is 2.11. The van der Waals surface area contributed by atoms with Crippen molar-refractivity contribution in [3.63, 3.8) is 0 Å². The SMILES string of the molecule is C=CCn1c(C)cc(C)[n+](C)c1=O.O=S(=O)([O-])O. The third-order valence-electron chi connectivity index (χ3n) is 2.20. The first-order valence-electron chi connectivity index (χ1n) is 4.94. The number of rotatable bonds is 2. The minimum atomic E-state index is -4.92. The smallest absolute Gasteiger partial charge is 0.498 e. The minimum Gasteiger partial charge on any atom is -0.726 e. The summed E-state index contributed by atoms with van der Waals surface area (Å²) in [5.74, 6) is 0. The topological polar surface area (TPSA) is 103 Å². The summed E-state index contributed by atoms with van der Waals surface area (Å²) < 4.78 is 36.2. The summed E-state index contributed by atoms with van der Waals surface area (Å²) in [4.78, 5) is 11.7. The van der Waals surface area contributed by atoms with Gasteiger partial charge < -0.3 is 4.55 Å². The van der Waals surface area contributed by atoms with Gasteiger partial charge in [-0.1, -0.05) is 12.7 Å². The molecule has 1 heterocycles. The Balaban J connectivity index is 0.000000494. The first-order valence-corrected chi connectivity index (χ1v) is 6.30. The van der Waals surface area contributed by atoms with Gasteiger partial charge in [0.05, 0.1) is 7.05 Å². The molecule has 0 unspecified atom stereocenters. The number of aromatic nitrogens is 2. The van der Waals surface area contributed by atoms with Crippen molar-refractivity contribution in [2.45, 2.75) is 20.4 Å². The van der Waals surface area contributed by atoms with Gasteiger partial charge in [-0.05, 0) is 13.8 Å². The molecule has 0 aliphatic heterocycles. The standard InChI is InChI=1S/C10H15N2O.H2O4S/c1-5-6-12-9(3)7-8(2)11(4)10(12)13;1-5(2,3)4/h5,7H,1,6H2,2-4H3;(H2,1,2,3,4)/q+1;/p-1. The second-order valence-electron chi connectivity index (χ2n) is 3.60. The molecule has 18 heavy (non-hydrogen) atoms. The van der Waals surface area contributed by atoms with Crippen molar-refractivity contribution in [3.05, 3.63) is 40.6 Å². The molecule has 0 fully saturated rings. The first kappa shape index (κ1) is 16.5. The Kier molecular flexibility index (Phi) is 5.89. The Bertz CT molecular complexity index is 581. The molecule has 0 saturated carbocycles. The summed E-state index contributed by atoms with van der Waals surface area (Å²) in [5, 5.41) is 0. The van der Waals surface area contributed by atoms with Gasteiger partial charge in [-0.2, -0.15) is 13.9 Å². The Hall–Kier alpha value is -1.51. The molecule has 1 aromatic rings. The van der Waals surface area contributed by atoms with Crippen molar-refractivity contribution in [1.29, 1.82) is 0 Å². The minimum absolute atomic E-state index is 0.0115. The molecule has 0 aromatic carbocycles. The molecule has 0 amide bonds. The number of hydrogen-bond donors (Lipinski definition) is 1. The van der Waals surface area contributed by atoms with Crippen molar-refractivity contribution in [1.82, 2.24) is 4.57 Å². The summed E-state index contributed by atoms with van der Waals surface area (Å²) in [7, 11) is -3.14. The number of aryl methyl sites for hydroxylation is 2. The van der Waals surface area contributed by atoms with Crippen molar-refractivity contribution in [2.24, 2.45) is 7.05 Å². The molecule has 102 valence electrons. The molecule has 0 aliphatic rings. The van der Waals surface area contributed by atoms with Crippen LogP contribution in [0.2, 0.25) is 0 Å². The van der Waals surface area contributed by atoms with Crippen LogP contribution in [0.25, 0.3) is 0 Å². The molecule has 0 radical (unpaired) electrons. The predicted octanol–water partition coefficient (Wildman–Crippen LogP) is -0.520. The van der Waals surface area contributed by atoms with Gasteiger partial charge in [-0.3, -0.25) is 4.55 Å². The van der Waals surface area contributed by atoms with Gasteiger partial charge >= 0.3 is 5.69 Å². The number of hydrogen-bond acceptors (Lipinski definition) is 4. The van der Waals surface area contributed by atoms with E-state index < -0.39 is 10.4 Å². The molecule has 1 N–H and O–H groups in total. The number of allylic oxidation sites excluding steroid dienone is 1. The Labute approximate surface area is 106 Å². The van der Waals surface area contributed by atoms with E-state index in [2.05, 4.69) is 6.58 Å². The van der Waals surface area contributed by atoms with Crippen molar-refractivity contribution in [3.8, 4) is 0 Å². The molecule has 8 heteroatoms. The molecule has 7 nitrogen and oxygen atoms in total. The van der Waals surface area contributed by atoms with Gasteiger partial charge in [-0.15, -0.1) is 0 Å². The lowest BCUT2D eigenvalue weighted by Crippen LogP contribution is -2.54. The quantitative estimate of drug-likeness (QED) is 0.339. The highest BCUT2D eigenvalue weighted by atomic mass is 32.3. The lowest BCUT2D eigenvalue weighted by molar-refractivity contribution is -0.697. The fourth-order valence-corrected chi connectivity index (χ4v) is 1.31. The van der Waals surface area contributed by atoms with Crippen molar-refractivity contribution >= 4 is 10.4 Å². The van der Waals surface area contributed by atoms with E-state index in [0.29, 0.717) is 6.54 Å². The van der Waals surface area contributed by atoms with E-state index in [1.54, 1.807) is 22.3 Å². The zero-order valence-corrected chi connectivity index (χ0v) is 11.3. The fourth-order valence-electron chi connectivity index (χ4n) is 1.31. The van der Waals surface area contributed by atoms with Crippen molar-refractivity contribution in [2.75, 3.05) is 0 Å². The first-order chi connectivity index (χ1) is 8.07. The average molecular weight is 276 g/mol. The van der Waals surface area contributed by atoms with Gasteiger partial charge in [0, 0.05) is 6.07 Å². The van der Waals surface area contributed by atoms with Crippen LogP contribution in [0.4, 0.5) is 0 Å². The van der Waals surface area contributed by atoms with E-state index in [1.165, 1.54) is 0 Å². The molecule has 0 spiro atoms. The summed E-state index contributed by atoms with van der Waals surface area (Å²) in [5.41, 5.74) is 1.96. The van der Waals surface area contributed by atoms with Gasteiger partial charge in [0.25, 0.3) is 0 Å². The van der Waals surface area contributed by atoms with Crippen LogP contribution < -0.4 is 10.3 Å². The third-order valence-corrected chi connectivity index (χ3v) is 2.20. The van der Waals surface area contributed by atoms with Crippen LogP contribution in [0.5, 0.6) is 0 Å². The van der Waals surface area contributed by atoms with Gasteiger partial charge in [-0.25, -0.2) is 8.42 Å². The largest absolute Gasteiger partial charge is 0.726 e. The maximum Gasteiger partial charge on any atom is 0.498 e. The normalized spacial score (nSPS) is 10.5. The maximum absolute atomic E-state index is 11.7. The maximum atomic E-state index is 11.7. The van der Waals surface area contributed by atoms with Crippen LogP contribution in [0.15, 0.2) is 23.5 Å². The van der Waals surface area contributed by atoms with Crippen molar-refractivity contribution < 1.29 is 22.1 Å². The molecule has 1 aromatic heterocycles. The Morgan fingerprint density at radius 2 is 2.00 bits per heavy atom. The summed E-state index contributed by atoms with van der Waals surface area (Å²) in [6, 6.07) is 1.99. The van der Waals surface area contributed by atoms with Crippen LogP contribution in [0.3, 0.4) is 0 Å². The van der Waals surface area contributed by atoms with Crippen LogP contribution in [0.1, 0.15) is 11.4 Å². The van der Waals surface area contributed by atoms with E-state index in [0.717, 1.165) is 11.4 Å². The molecule has 0 aliphatic carbocycles. The average Bonchev–Trinajstić information content (AvgIpc) is 2.19. The Morgan fingerprint density at radius 3 is 2.39 bits per heavy atom. The van der Waals surface area contributed by atoms with E-state index in [-0.39, 0.29) is 5.69 Å². The summed E-state index contributed by atoms with van der Waals surface area (Å²) >= 11 is 0. The third kappa shape index (κ3) is 5.71. The molecular weight excluding hydrogens is 260 g/mol. The highest BCUT2D eigenvalue weighted by Crippen LogP contribution is 1.94. The van der Waals surface area contributed by atoms with Crippen LogP contribution >= 0.6 is 0 Å². The van der Waals surface area contributed by atoms with E-state index in [1.807, 2.05) is 19.9 Å². The van der Waals surface area contributed by atoms with Crippen LogP contribution in [-0.2, 0) is 24.0 Å². The van der Waals surface area contributed by atoms with Gasteiger partial charge in [0.2, 0.25) is 10.4 Å².